The molecule has 1 amide bonds. The number of rotatable bonds is 9. The summed E-state index contributed by atoms with van der Waals surface area (Å²) in [5.74, 6) is 0. The number of carbonyl (C=O) groups excluding carboxylic acids is 1. The minimum absolute atomic E-state index is 0.253. The summed E-state index contributed by atoms with van der Waals surface area (Å²) in [6.45, 7) is 15.9. The van der Waals surface area contributed by atoms with Crippen LogP contribution in [-0.4, -0.2) is 43.0 Å². The van der Waals surface area contributed by atoms with Crippen molar-refractivity contribution in [3.05, 3.63) is 0 Å². The topological polar surface area (TPSA) is 59.6 Å². The van der Waals surface area contributed by atoms with E-state index in [2.05, 4.69) is 31.4 Å². The van der Waals surface area contributed by atoms with Gasteiger partial charge in [0.15, 0.2) is 0 Å². The van der Waals surface area contributed by atoms with Crippen molar-refractivity contribution in [1.82, 2.24) is 10.6 Å². The average molecular weight is 302 g/mol. The zero-order chi connectivity index (χ0) is 16.5. The van der Waals surface area contributed by atoms with E-state index in [0.29, 0.717) is 13.2 Å². The summed E-state index contributed by atoms with van der Waals surface area (Å²) in [5, 5.41) is 6.47. The first-order valence-corrected chi connectivity index (χ1v) is 8.00. The van der Waals surface area contributed by atoms with E-state index in [1.54, 1.807) is 0 Å². The van der Waals surface area contributed by atoms with Crippen molar-refractivity contribution in [2.24, 2.45) is 0 Å². The first-order chi connectivity index (χ1) is 9.68. The maximum Gasteiger partial charge on any atom is 0.408 e. The maximum atomic E-state index is 12.0. The summed E-state index contributed by atoms with van der Waals surface area (Å²) in [6, 6.07) is 0.253. The van der Waals surface area contributed by atoms with Crippen LogP contribution in [0.4, 0.5) is 4.79 Å². The van der Waals surface area contributed by atoms with Gasteiger partial charge in [-0.2, -0.15) is 0 Å². The van der Waals surface area contributed by atoms with Crippen molar-refractivity contribution in [2.75, 3.05) is 19.8 Å². The van der Waals surface area contributed by atoms with Crippen molar-refractivity contribution in [3.8, 4) is 0 Å². The first-order valence-electron chi connectivity index (χ1n) is 8.00. The van der Waals surface area contributed by atoms with Crippen molar-refractivity contribution >= 4 is 6.09 Å². The molecule has 126 valence electrons. The molecule has 0 saturated heterocycles. The quantitative estimate of drug-likeness (QED) is 0.687. The summed E-state index contributed by atoms with van der Waals surface area (Å²) in [7, 11) is 0. The number of carbonyl (C=O) groups is 1. The molecule has 0 radical (unpaired) electrons. The molecule has 1 unspecified atom stereocenters. The van der Waals surface area contributed by atoms with Crippen LogP contribution in [0.25, 0.3) is 0 Å². The number of ether oxygens (including phenoxy) is 2. The molecule has 0 aromatic heterocycles. The van der Waals surface area contributed by atoms with Gasteiger partial charge in [-0.1, -0.05) is 13.8 Å². The predicted molar refractivity (Wildman–Crippen MR) is 86.6 cm³/mol. The van der Waals surface area contributed by atoms with E-state index in [1.165, 1.54) is 0 Å². The normalized spacial score (nSPS) is 13.9. The number of alkyl carbamates (subject to hydrolysis) is 1. The molecular weight excluding hydrogens is 268 g/mol. The summed E-state index contributed by atoms with van der Waals surface area (Å²) < 4.78 is 10.8. The fourth-order valence-electron chi connectivity index (χ4n) is 1.96. The van der Waals surface area contributed by atoms with Gasteiger partial charge in [0.1, 0.15) is 5.60 Å². The van der Waals surface area contributed by atoms with E-state index in [1.807, 2.05) is 27.7 Å². The lowest BCUT2D eigenvalue weighted by atomic mass is 9.92. The third-order valence-electron chi connectivity index (χ3n) is 3.48. The first kappa shape index (κ1) is 20.2. The lowest BCUT2D eigenvalue weighted by Crippen LogP contribution is -2.56. The van der Waals surface area contributed by atoms with Crippen molar-refractivity contribution in [2.45, 2.75) is 78.5 Å². The fraction of sp³-hybridized carbons (Fsp3) is 0.938. The molecule has 5 nitrogen and oxygen atoms in total. The molecule has 21 heavy (non-hydrogen) atoms. The van der Waals surface area contributed by atoms with Gasteiger partial charge in [-0.3, -0.25) is 0 Å². The van der Waals surface area contributed by atoms with E-state index in [0.717, 1.165) is 19.4 Å². The van der Waals surface area contributed by atoms with E-state index in [-0.39, 0.29) is 17.7 Å². The summed E-state index contributed by atoms with van der Waals surface area (Å²) >= 11 is 0. The van der Waals surface area contributed by atoms with Crippen molar-refractivity contribution in [1.29, 1.82) is 0 Å². The molecule has 0 heterocycles. The molecule has 0 saturated carbocycles. The summed E-state index contributed by atoms with van der Waals surface area (Å²) in [4.78, 5) is 12.0. The molecule has 0 rings (SSSR count). The minimum Gasteiger partial charge on any atom is -0.444 e. The fourth-order valence-corrected chi connectivity index (χ4v) is 1.96. The monoisotopic (exact) mass is 302 g/mol. The van der Waals surface area contributed by atoms with Crippen LogP contribution < -0.4 is 10.6 Å². The zero-order valence-electron chi connectivity index (χ0n) is 14.8. The third-order valence-corrected chi connectivity index (χ3v) is 3.48. The minimum atomic E-state index is -0.479. The van der Waals surface area contributed by atoms with Gasteiger partial charge >= 0.3 is 6.09 Å². The highest BCUT2D eigenvalue weighted by atomic mass is 16.6. The highest BCUT2D eigenvalue weighted by molar-refractivity contribution is 5.68. The molecule has 0 aromatic carbocycles. The van der Waals surface area contributed by atoms with Gasteiger partial charge < -0.3 is 20.1 Å². The van der Waals surface area contributed by atoms with Crippen LogP contribution in [0.15, 0.2) is 0 Å². The van der Waals surface area contributed by atoms with Gasteiger partial charge in [0.25, 0.3) is 0 Å². The Morgan fingerprint density at radius 1 is 1.14 bits per heavy atom. The standard InChI is InChI=1S/C16H34N2O3/c1-8-16(9-2,12-17-13(4)11-20-10-3)18-14(19)21-15(5,6)7/h13,17H,8-12H2,1-7H3,(H,18,19). The Labute approximate surface area is 130 Å². The Balaban J connectivity index is 4.51. The number of nitrogens with one attached hydrogen (secondary N) is 2. The van der Waals surface area contributed by atoms with Crippen LogP contribution in [0.1, 0.15) is 61.3 Å². The largest absolute Gasteiger partial charge is 0.444 e. The zero-order valence-corrected chi connectivity index (χ0v) is 14.8. The van der Waals surface area contributed by atoms with Crippen LogP contribution in [0.5, 0.6) is 0 Å². The SMILES string of the molecule is CCOCC(C)NCC(CC)(CC)NC(=O)OC(C)(C)C. The second-order valence-corrected chi connectivity index (χ2v) is 6.56. The molecule has 0 aliphatic heterocycles. The molecule has 2 N–H and O–H groups in total. The molecule has 0 aliphatic rings. The Bertz CT molecular complexity index is 296. The summed E-state index contributed by atoms with van der Waals surface area (Å²) in [6.07, 6.45) is 1.33. The lowest BCUT2D eigenvalue weighted by Gasteiger charge is -2.35. The molecule has 0 aromatic rings. The van der Waals surface area contributed by atoms with Gasteiger partial charge in [-0.05, 0) is 47.5 Å². The molecule has 0 bridgehead atoms. The molecule has 1 atom stereocenters. The molecule has 0 spiro atoms. The van der Waals surface area contributed by atoms with Gasteiger partial charge in [0.05, 0.1) is 12.1 Å². The smallest absolute Gasteiger partial charge is 0.408 e. The Kier molecular flexibility index (Phi) is 8.90. The Morgan fingerprint density at radius 2 is 1.71 bits per heavy atom. The van der Waals surface area contributed by atoms with Gasteiger partial charge in [0, 0.05) is 19.2 Å². The number of hydrogen-bond donors (Lipinski definition) is 2. The van der Waals surface area contributed by atoms with Crippen LogP contribution in [0.2, 0.25) is 0 Å². The Morgan fingerprint density at radius 3 is 2.14 bits per heavy atom. The molecular formula is C16H34N2O3. The Hall–Kier alpha value is -0.810. The molecule has 0 aliphatic carbocycles. The molecule has 0 fully saturated rings. The maximum absolute atomic E-state index is 12.0. The second kappa shape index (κ2) is 9.26. The van der Waals surface area contributed by atoms with Crippen LogP contribution in [0, 0.1) is 0 Å². The highest BCUT2D eigenvalue weighted by Crippen LogP contribution is 2.16. The van der Waals surface area contributed by atoms with Crippen LogP contribution in [-0.2, 0) is 9.47 Å². The average Bonchev–Trinajstić information content (AvgIpc) is 2.39. The highest BCUT2D eigenvalue weighted by Gasteiger charge is 2.30. The van der Waals surface area contributed by atoms with Crippen molar-refractivity contribution < 1.29 is 14.3 Å². The van der Waals surface area contributed by atoms with Gasteiger partial charge in [-0.15, -0.1) is 0 Å². The van der Waals surface area contributed by atoms with Crippen LogP contribution >= 0.6 is 0 Å². The van der Waals surface area contributed by atoms with Gasteiger partial charge in [-0.25, -0.2) is 4.79 Å². The van der Waals surface area contributed by atoms with E-state index >= 15 is 0 Å². The van der Waals surface area contributed by atoms with E-state index in [9.17, 15) is 4.79 Å². The third kappa shape index (κ3) is 8.94. The number of hydrogen-bond acceptors (Lipinski definition) is 4. The molecule has 5 heteroatoms. The van der Waals surface area contributed by atoms with E-state index < -0.39 is 5.60 Å². The number of amides is 1. The van der Waals surface area contributed by atoms with E-state index in [4.69, 9.17) is 9.47 Å². The van der Waals surface area contributed by atoms with Gasteiger partial charge in [0.2, 0.25) is 0 Å². The second-order valence-electron chi connectivity index (χ2n) is 6.56. The summed E-state index contributed by atoms with van der Waals surface area (Å²) in [5.41, 5.74) is -0.768. The lowest BCUT2D eigenvalue weighted by molar-refractivity contribution is 0.0440. The predicted octanol–water partition coefficient (Wildman–Crippen LogP) is 3.08. The van der Waals surface area contributed by atoms with Crippen LogP contribution in [0.3, 0.4) is 0 Å². The van der Waals surface area contributed by atoms with Crippen molar-refractivity contribution in [3.63, 3.8) is 0 Å².